The molecule has 2 unspecified atom stereocenters. The van der Waals surface area contributed by atoms with Gasteiger partial charge in [-0.15, -0.1) is 23.5 Å². The van der Waals surface area contributed by atoms with Gasteiger partial charge < -0.3 is 0 Å². The zero-order chi connectivity index (χ0) is 13.6. The van der Waals surface area contributed by atoms with E-state index in [1.165, 1.54) is 18.4 Å². The molecule has 0 saturated carbocycles. The van der Waals surface area contributed by atoms with Gasteiger partial charge in [0.15, 0.2) is 0 Å². The van der Waals surface area contributed by atoms with Gasteiger partial charge in [0, 0.05) is 22.4 Å². The van der Waals surface area contributed by atoms with Crippen molar-refractivity contribution < 1.29 is 0 Å². The highest BCUT2D eigenvalue weighted by atomic mass is 32.2. The number of nitrogens with zero attached hydrogens (tertiary/aromatic N) is 1. The maximum absolute atomic E-state index is 4.09. The minimum Gasteiger partial charge on any atom is -0.265 e. The van der Waals surface area contributed by atoms with Crippen molar-refractivity contribution in [2.75, 3.05) is 0 Å². The van der Waals surface area contributed by atoms with Crippen LogP contribution in [0.5, 0.6) is 0 Å². The molecule has 1 nitrogen and oxygen atoms in total. The fourth-order valence-corrected chi connectivity index (χ4v) is 5.60. The SMILES string of the molecule is CCCC(SC(C)c1ccncc1)SC(C)(C)C. The largest absolute Gasteiger partial charge is 0.265 e. The number of pyridine rings is 1. The molecule has 0 spiro atoms. The van der Waals surface area contributed by atoms with E-state index in [9.17, 15) is 0 Å². The van der Waals surface area contributed by atoms with E-state index in [2.05, 4.69) is 75.3 Å². The van der Waals surface area contributed by atoms with Crippen LogP contribution in [0, 0.1) is 0 Å². The maximum atomic E-state index is 4.09. The lowest BCUT2D eigenvalue weighted by molar-refractivity contribution is 0.787. The lowest BCUT2D eigenvalue weighted by Crippen LogP contribution is -2.14. The fourth-order valence-electron chi connectivity index (χ4n) is 1.73. The van der Waals surface area contributed by atoms with E-state index >= 15 is 0 Å². The van der Waals surface area contributed by atoms with Gasteiger partial charge in [0.1, 0.15) is 0 Å². The molecule has 0 aromatic carbocycles. The molecule has 102 valence electrons. The molecule has 0 N–H and O–H groups in total. The fraction of sp³-hybridized carbons (Fsp3) is 0.667. The molecule has 0 aliphatic heterocycles. The van der Waals surface area contributed by atoms with E-state index in [-0.39, 0.29) is 0 Å². The van der Waals surface area contributed by atoms with Crippen molar-refractivity contribution in [1.82, 2.24) is 4.98 Å². The van der Waals surface area contributed by atoms with Crippen molar-refractivity contribution in [2.24, 2.45) is 0 Å². The summed E-state index contributed by atoms with van der Waals surface area (Å²) in [5.74, 6) is 0. The molecule has 3 heteroatoms. The molecule has 1 aromatic rings. The van der Waals surface area contributed by atoms with E-state index in [0.29, 0.717) is 14.6 Å². The van der Waals surface area contributed by atoms with Gasteiger partial charge in [-0.3, -0.25) is 4.98 Å². The Bertz CT molecular complexity index is 332. The van der Waals surface area contributed by atoms with Crippen LogP contribution in [0.15, 0.2) is 24.5 Å². The van der Waals surface area contributed by atoms with E-state index in [0.717, 1.165) is 0 Å². The van der Waals surface area contributed by atoms with Crippen LogP contribution in [0.4, 0.5) is 0 Å². The minimum atomic E-state index is 0.338. The molecule has 1 heterocycles. The third-order valence-corrected chi connectivity index (χ3v) is 5.59. The summed E-state index contributed by atoms with van der Waals surface area (Å²) >= 11 is 4.18. The number of thioether (sulfide) groups is 2. The Hall–Kier alpha value is -0.150. The van der Waals surface area contributed by atoms with Crippen molar-refractivity contribution >= 4 is 23.5 Å². The number of rotatable bonds is 6. The van der Waals surface area contributed by atoms with Crippen LogP contribution in [0.1, 0.15) is 58.3 Å². The summed E-state index contributed by atoms with van der Waals surface area (Å²) in [5, 5.41) is 0.541. The lowest BCUT2D eigenvalue weighted by atomic mass is 10.2. The molecule has 0 bridgehead atoms. The first kappa shape index (κ1) is 15.9. The zero-order valence-electron chi connectivity index (χ0n) is 12.1. The summed E-state index contributed by atoms with van der Waals surface area (Å²) in [7, 11) is 0. The first-order valence-corrected chi connectivity index (χ1v) is 8.48. The van der Waals surface area contributed by atoms with Gasteiger partial charge in [0.2, 0.25) is 0 Å². The molecular weight excluding hydrogens is 258 g/mol. The monoisotopic (exact) mass is 283 g/mol. The van der Waals surface area contributed by atoms with Crippen molar-refractivity contribution in [3.63, 3.8) is 0 Å². The topological polar surface area (TPSA) is 12.9 Å². The second-order valence-corrected chi connectivity index (χ2v) is 9.38. The third kappa shape index (κ3) is 6.14. The van der Waals surface area contributed by atoms with Crippen molar-refractivity contribution in [2.45, 2.75) is 62.0 Å². The average molecular weight is 284 g/mol. The quantitative estimate of drug-likeness (QED) is 0.637. The molecule has 18 heavy (non-hydrogen) atoms. The van der Waals surface area contributed by atoms with Gasteiger partial charge in [0.25, 0.3) is 0 Å². The summed E-state index contributed by atoms with van der Waals surface area (Å²) in [6, 6.07) is 4.25. The Morgan fingerprint density at radius 1 is 1.22 bits per heavy atom. The summed E-state index contributed by atoms with van der Waals surface area (Å²) < 4.78 is 1.02. The Kier molecular flexibility index (Phi) is 6.58. The average Bonchev–Trinajstić information content (AvgIpc) is 2.28. The van der Waals surface area contributed by atoms with Crippen LogP contribution in [0.2, 0.25) is 0 Å². The van der Waals surface area contributed by atoms with Crippen LogP contribution >= 0.6 is 23.5 Å². The van der Waals surface area contributed by atoms with Crippen LogP contribution < -0.4 is 0 Å². The zero-order valence-corrected chi connectivity index (χ0v) is 13.8. The Labute approximate surface area is 121 Å². The summed E-state index contributed by atoms with van der Waals surface area (Å²) in [4.78, 5) is 4.09. The highest BCUT2D eigenvalue weighted by Crippen LogP contribution is 2.43. The van der Waals surface area contributed by atoms with E-state index in [1.807, 2.05) is 12.4 Å². The Morgan fingerprint density at radius 2 is 1.83 bits per heavy atom. The molecule has 0 aliphatic carbocycles. The molecule has 2 atom stereocenters. The molecule has 1 rings (SSSR count). The van der Waals surface area contributed by atoms with Gasteiger partial charge in [-0.1, -0.05) is 34.1 Å². The first-order chi connectivity index (χ1) is 8.42. The van der Waals surface area contributed by atoms with E-state index in [1.54, 1.807) is 0 Å². The van der Waals surface area contributed by atoms with Crippen LogP contribution in [0.25, 0.3) is 0 Å². The number of aromatic nitrogens is 1. The van der Waals surface area contributed by atoms with Gasteiger partial charge in [-0.05, 0) is 31.0 Å². The number of hydrogen-bond donors (Lipinski definition) is 0. The Morgan fingerprint density at radius 3 is 2.33 bits per heavy atom. The molecule has 0 saturated heterocycles. The van der Waals surface area contributed by atoms with E-state index in [4.69, 9.17) is 0 Å². The van der Waals surface area contributed by atoms with Crippen LogP contribution in [-0.4, -0.2) is 14.3 Å². The number of hydrogen-bond acceptors (Lipinski definition) is 3. The predicted octanol–water partition coefficient (Wildman–Crippen LogP) is 5.53. The van der Waals surface area contributed by atoms with Crippen LogP contribution in [0.3, 0.4) is 0 Å². The molecular formula is C15H25NS2. The lowest BCUT2D eigenvalue weighted by Gasteiger charge is -2.27. The smallest absolute Gasteiger partial charge is 0.0513 e. The maximum Gasteiger partial charge on any atom is 0.0513 e. The predicted molar refractivity (Wildman–Crippen MR) is 86.3 cm³/mol. The van der Waals surface area contributed by atoms with Crippen LogP contribution in [-0.2, 0) is 0 Å². The van der Waals surface area contributed by atoms with Gasteiger partial charge in [0.05, 0.1) is 4.58 Å². The van der Waals surface area contributed by atoms with Crippen molar-refractivity contribution in [3.05, 3.63) is 30.1 Å². The van der Waals surface area contributed by atoms with Crippen molar-refractivity contribution in [1.29, 1.82) is 0 Å². The summed E-state index contributed by atoms with van der Waals surface area (Å²) in [6.07, 6.45) is 6.31. The second-order valence-electron chi connectivity index (χ2n) is 5.51. The highest BCUT2D eigenvalue weighted by molar-refractivity contribution is 8.17. The Balaban J connectivity index is 2.60. The molecule has 0 amide bonds. The highest BCUT2D eigenvalue weighted by Gasteiger charge is 2.21. The van der Waals surface area contributed by atoms with Gasteiger partial charge in [-0.2, -0.15) is 0 Å². The second kappa shape index (κ2) is 7.44. The molecule has 0 aliphatic rings. The normalized spacial score (nSPS) is 15.4. The molecule has 0 fully saturated rings. The third-order valence-electron chi connectivity index (χ3n) is 2.54. The van der Waals surface area contributed by atoms with E-state index < -0.39 is 0 Å². The first-order valence-electron chi connectivity index (χ1n) is 6.65. The summed E-state index contributed by atoms with van der Waals surface area (Å²) in [5.41, 5.74) is 1.38. The molecule has 1 aromatic heterocycles. The molecule has 0 radical (unpaired) electrons. The summed E-state index contributed by atoms with van der Waals surface area (Å²) in [6.45, 7) is 11.5. The van der Waals surface area contributed by atoms with Gasteiger partial charge in [-0.25, -0.2) is 0 Å². The minimum absolute atomic E-state index is 0.338. The standard InChI is InChI=1S/C15H25NS2/c1-6-7-14(18-15(3,4)5)17-12(2)13-8-10-16-11-9-13/h8-12,14H,6-7H2,1-5H3. The van der Waals surface area contributed by atoms with Crippen molar-refractivity contribution in [3.8, 4) is 0 Å². The van der Waals surface area contributed by atoms with Gasteiger partial charge >= 0.3 is 0 Å².